The van der Waals surface area contributed by atoms with Crippen molar-refractivity contribution in [1.29, 1.82) is 0 Å². The fourth-order valence-corrected chi connectivity index (χ4v) is 2.86. The van der Waals surface area contributed by atoms with Gasteiger partial charge < -0.3 is 9.72 Å². The van der Waals surface area contributed by atoms with E-state index >= 15 is 0 Å². The van der Waals surface area contributed by atoms with Crippen molar-refractivity contribution in [2.24, 2.45) is 5.10 Å². The molecule has 0 aliphatic heterocycles. The summed E-state index contributed by atoms with van der Waals surface area (Å²) in [5.74, 6) is 1.26. The van der Waals surface area contributed by atoms with Gasteiger partial charge in [-0.15, -0.1) is 0 Å². The smallest absolute Gasteiger partial charge is 0.216 e. The molecule has 0 unspecified atom stereocenters. The molecule has 0 fully saturated rings. The zero-order valence-corrected chi connectivity index (χ0v) is 15.1. The van der Waals surface area contributed by atoms with Crippen LogP contribution in [0.5, 0.6) is 5.75 Å². The summed E-state index contributed by atoms with van der Waals surface area (Å²) in [6, 6.07) is 15.1. The number of fused-ring (bicyclic) bond motifs is 1. The molecule has 8 heteroatoms. The number of hydrogen-bond acceptors (Lipinski definition) is 4. The molecule has 2 aromatic heterocycles. The van der Waals surface area contributed by atoms with Crippen molar-refractivity contribution in [2.45, 2.75) is 6.61 Å². The van der Waals surface area contributed by atoms with Crippen LogP contribution < -0.4 is 4.74 Å². The molecule has 2 aromatic carbocycles. The third kappa shape index (κ3) is 3.40. The Kier molecular flexibility index (Phi) is 4.55. The number of H-pyrrole nitrogens is 2. The van der Waals surface area contributed by atoms with Gasteiger partial charge in [-0.3, -0.25) is 0 Å². The van der Waals surface area contributed by atoms with E-state index in [2.05, 4.69) is 20.3 Å². The number of benzene rings is 2. The highest BCUT2D eigenvalue weighted by molar-refractivity contribution is 7.71. The molecule has 130 valence electrons. The summed E-state index contributed by atoms with van der Waals surface area (Å²) in [5, 5.41) is 13.1. The average molecular weight is 384 g/mol. The van der Waals surface area contributed by atoms with Gasteiger partial charge in [-0.25, -0.2) is 5.10 Å². The fraction of sp³-hybridized carbons (Fsp3) is 0.0556. The molecule has 26 heavy (non-hydrogen) atoms. The summed E-state index contributed by atoms with van der Waals surface area (Å²) in [6.45, 7) is 0.222. The molecule has 2 N–H and O–H groups in total. The Labute approximate surface area is 159 Å². The van der Waals surface area contributed by atoms with E-state index in [0.717, 1.165) is 16.5 Å². The van der Waals surface area contributed by atoms with Crippen LogP contribution in [-0.4, -0.2) is 26.1 Å². The summed E-state index contributed by atoms with van der Waals surface area (Å²) >= 11 is 11.1. The normalized spacial score (nSPS) is 11.4. The first-order chi connectivity index (χ1) is 12.7. The average Bonchev–Trinajstić information content (AvgIpc) is 3.23. The maximum atomic E-state index is 5.88. The van der Waals surface area contributed by atoms with Crippen molar-refractivity contribution >= 4 is 40.9 Å². The van der Waals surface area contributed by atoms with Gasteiger partial charge in [0.1, 0.15) is 12.4 Å². The summed E-state index contributed by atoms with van der Waals surface area (Å²) in [5.41, 5.74) is 2.02. The predicted octanol–water partition coefficient (Wildman–Crippen LogP) is 4.54. The Morgan fingerprint density at radius 1 is 1.19 bits per heavy atom. The second-order valence-electron chi connectivity index (χ2n) is 5.53. The molecule has 0 radical (unpaired) electrons. The van der Waals surface area contributed by atoms with Crippen molar-refractivity contribution in [1.82, 2.24) is 19.9 Å². The minimum absolute atomic E-state index is 0.222. The lowest BCUT2D eigenvalue weighted by Crippen LogP contribution is -2.04. The molecule has 0 atom stereocenters. The third-order valence-electron chi connectivity index (χ3n) is 3.83. The molecule has 0 spiro atoms. The molecular weight excluding hydrogens is 370 g/mol. The highest BCUT2D eigenvalue weighted by atomic mass is 35.5. The molecule has 0 aliphatic rings. The van der Waals surface area contributed by atoms with Gasteiger partial charge in [0.05, 0.1) is 6.21 Å². The van der Waals surface area contributed by atoms with Crippen molar-refractivity contribution in [3.05, 3.63) is 75.9 Å². The Morgan fingerprint density at radius 2 is 2.00 bits per heavy atom. The summed E-state index contributed by atoms with van der Waals surface area (Å²) < 4.78 is 7.67. The largest absolute Gasteiger partial charge is 0.486 e. The van der Waals surface area contributed by atoms with Gasteiger partial charge in [0.25, 0.3) is 0 Å². The van der Waals surface area contributed by atoms with E-state index in [1.165, 1.54) is 0 Å². The molecule has 0 bridgehead atoms. The SMILES string of the molecule is S=c1[nH]nc(COc2ccc(Cl)cc2)n1/N=C/c1c[nH]c2ccccc12. The standard InChI is InChI=1S/C18H14ClN5OS/c19-13-5-7-14(8-6-13)25-11-17-22-23-18(26)24(17)21-10-12-9-20-16-4-2-1-3-15(12)16/h1-10,20H,11H2,(H,23,26)/b21-10+. The molecule has 0 saturated heterocycles. The van der Waals surface area contributed by atoms with E-state index in [4.69, 9.17) is 28.6 Å². The summed E-state index contributed by atoms with van der Waals surface area (Å²) in [4.78, 5) is 3.21. The molecular formula is C18H14ClN5OS. The molecule has 4 aromatic rings. The van der Waals surface area contributed by atoms with Crippen LogP contribution in [0.2, 0.25) is 5.02 Å². The van der Waals surface area contributed by atoms with Crippen LogP contribution in [0, 0.1) is 4.77 Å². The van der Waals surface area contributed by atoms with E-state index in [1.807, 2.05) is 30.5 Å². The zero-order valence-electron chi connectivity index (χ0n) is 13.5. The maximum Gasteiger partial charge on any atom is 0.216 e. The fourth-order valence-electron chi connectivity index (χ4n) is 2.54. The zero-order chi connectivity index (χ0) is 17.9. The first-order valence-electron chi connectivity index (χ1n) is 7.86. The number of para-hydroxylation sites is 1. The van der Waals surface area contributed by atoms with Crippen LogP contribution >= 0.6 is 23.8 Å². The van der Waals surface area contributed by atoms with E-state index in [1.54, 1.807) is 35.2 Å². The van der Waals surface area contributed by atoms with E-state index in [0.29, 0.717) is 21.4 Å². The molecule has 4 rings (SSSR count). The van der Waals surface area contributed by atoms with Gasteiger partial charge in [0.15, 0.2) is 5.82 Å². The van der Waals surface area contributed by atoms with Crippen LogP contribution in [0.4, 0.5) is 0 Å². The van der Waals surface area contributed by atoms with Gasteiger partial charge in [-0.2, -0.15) is 14.9 Å². The highest BCUT2D eigenvalue weighted by Crippen LogP contribution is 2.17. The number of aromatic amines is 2. The minimum atomic E-state index is 0.222. The van der Waals surface area contributed by atoms with Gasteiger partial charge in [0, 0.05) is 27.7 Å². The van der Waals surface area contributed by atoms with Crippen molar-refractivity contribution in [2.75, 3.05) is 0 Å². The Bertz CT molecular complexity index is 1130. The molecule has 0 aliphatic carbocycles. The lowest BCUT2D eigenvalue weighted by Gasteiger charge is -2.05. The van der Waals surface area contributed by atoms with Crippen molar-refractivity contribution in [3.8, 4) is 5.75 Å². The summed E-state index contributed by atoms with van der Waals surface area (Å²) in [6.07, 6.45) is 3.65. The molecule has 0 amide bonds. The van der Waals surface area contributed by atoms with Gasteiger partial charge >= 0.3 is 0 Å². The van der Waals surface area contributed by atoms with Crippen LogP contribution in [0.25, 0.3) is 10.9 Å². The lowest BCUT2D eigenvalue weighted by atomic mass is 10.2. The number of halogens is 1. The topological polar surface area (TPSA) is 71.0 Å². The quantitative estimate of drug-likeness (QED) is 0.392. The number of hydrogen-bond donors (Lipinski definition) is 2. The molecule has 2 heterocycles. The van der Waals surface area contributed by atoms with Crippen LogP contribution in [0.1, 0.15) is 11.4 Å². The highest BCUT2D eigenvalue weighted by Gasteiger charge is 2.07. The minimum Gasteiger partial charge on any atom is -0.486 e. The van der Waals surface area contributed by atoms with E-state index < -0.39 is 0 Å². The Balaban J connectivity index is 1.56. The Hall–Kier alpha value is -2.90. The van der Waals surface area contributed by atoms with Crippen LogP contribution in [0.15, 0.2) is 59.8 Å². The first kappa shape index (κ1) is 16.6. The van der Waals surface area contributed by atoms with E-state index in [9.17, 15) is 0 Å². The number of nitrogens with zero attached hydrogens (tertiary/aromatic N) is 3. The lowest BCUT2D eigenvalue weighted by molar-refractivity contribution is 0.290. The van der Waals surface area contributed by atoms with Gasteiger partial charge in [-0.05, 0) is 42.5 Å². The number of rotatable bonds is 5. The van der Waals surface area contributed by atoms with Crippen LogP contribution in [-0.2, 0) is 6.61 Å². The Morgan fingerprint density at radius 3 is 2.85 bits per heavy atom. The second kappa shape index (κ2) is 7.15. The predicted molar refractivity (Wildman–Crippen MR) is 104 cm³/mol. The first-order valence-corrected chi connectivity index (χ1v) is 8.64. The monoisotopic (exact) mass is 383 g/mol. The third-order valence-corrected chi connectivity index (χ3v) is 4.35. The summed E-state index contributed by atoms with van der Waals surface area (Å²) in [7, 11) is 0. The van der Waals surface area contributed by atoms with Crippen LogP contribution in [0.3, 0.4) is 0 Å². The molecule has 0 saturated carbocycles. The van der Waals surface area contributed by atoms with Crippen molar-refractivity contribution < 1.29 is 4.74 Å². The number of ether oxygens (including phenoxy) is 1. The van der Waals surface area contributed by atoms with Gasteiger partial charge in [0.2, 0.25) is 4.77 Å². The van der Waals surface area contributed by atoms with E-state index in [-0.39, 0.29) is 6.61 Å². The second-order valence-corrected chi connectivity index (χ2v) is 6.36. The van der Waals surface area contributed by atoms with Gasteiger partial charge in [-0.1, -0.05) is 29.8 Å². The van der Waals surface area contributed by atoms with Crippen molar-refractivity contribution in [3.63, 3.8) is 0 Å². The number of nitrogens with one attached hydrogen (secondary N) is 2. The number of aromatic nitrogens is 4. The molecule has 6 nitrogen and oxygen atoms in total. The maximum absolute atomic E-state index is 5.88.